The number of aromatic hydroxyl groups is 1. The van der Waals surface area contributed by atoms with Crippen molar-refractivity contribution in [3.8, 4) is 11.8 Å². The van der Waals surface area contributed by atoms with Gasteiger partial charge in [-0.05, 0) is 30.7 Å². The van der Waals surface area contributed by atoms with Crippen LogP contribution in [0.4, 0.5) is 0 Å². The van der Waals surface area contributed by atoms with Crippen LogP contribution in [0, 0.1) is 18.3 Å². The molecule has 0 saturated heterocycles. The molecule has 2 aromatic rings. The number of aryl methyl sites for hydroxylation is 1. The van der Waals surface area contributed by atoms with Crippen molar-refractivity contribution in [1.29, 1.82) is 5.26 Å². The normalized spacial score (nSPS) is 9.33. The number of hydrogen-bond donors (Lipinski definition) is 1. The number of nitriles is 1. The maximum Gasteiger partial charge on any atom is 0.187 e. The molecule has 74 valence electrons. The smallest absolute Gasteiger partial charge is 0.187 e. The Balaban J connectivity index is 0.00000112. The summed E-state index contributed by atoms with van der Waals surface area (Å²) in [5.74, 6) is 0.114. The van der Waals surface area contributed by atoms with Gasteiger partial charge < -0.3 is 5.11 Å². The van der Waals surface area contributed by atoms with Crippen molar-refractivity contribution in [2.45, 2.75) is 6.92 Å². The number of fused-ring (bicyclic) bond motifs is 1. The minimum Gasteiger partial charge on any atom is -0.506 e. The maximum atomic E-state index is 9.54. The van der Waals surface area contributed by atoms with Crippen molar-refractivity contribution in [2.24, 2.45) is 0 Å². The second-order valence-corrected chi connectivity index (χ2v) is 3.10. The van der Waals surface area contributed by atoms with Gasteiger partial charge in [0.1, 0.15) is 11.3 Å². The predicted molar refractivity (Wildman–Crippen MR) is 62.8 cm³/mol. The lowest BCUT2D eigenvalue weighted by Crippen LogP contribution is -1.87. The number of pyridine rings is 1. The van der Waals surface area contributed by atoms with Gasteiger partial charge in [-0.2, -0.15) is 5.26 Å². The van der Waals surface area contributed by atoms with Crippen molar-refractivity contribution < 1.29 is 5.11 Å². The fourth-order valence-electron chi connectivity index (χ4n) is 1.51. The molecule has 1 aromatic heterocycles. The first-order valence-electron chi connectivity index (χ1n) is 4.21. The topological polar surface area (TPSA) is 56.9 Å². The zero-order chi connectivity index (χ0) is 10.1. The number of aromatic nitrogens is 1. The molecule has 0 bridgehead atoms. The lowest BCUT2D eigenvalue weighted by atomic mass is 10.0. The summed E-state index contributed by atoms with van der Waals surface area (Å²) < 4.78 is 0. The highest BCUT2D eigenvalue weighted by Crippen LogP contribution is 2.27. The van der Waals surface area contributed by atoms with Crippen LogP contribution >= 0.6 is 0 Å². The Kier molecular flexibility index (Phi) is 3.32. The van der Waals surface area contributed by atoms with Gasteiger partial charge in [-0.1, -0.05) is 0 Å². The van der Waals surface area contributed by atoms with E-state index < -0.39 is 0 Å². The molecule has 0 aliphatic carbocycles. The Morgan fingerprint density at radius 2 is 2.07 bits per heavy atom. The Hall–Kier alpha value is -1.55. The molecule has 0 unspecified atom stereocenters. The minimum absolute atomic E-state index is 0. The van der Waals surface area contributed by atoms with E-state index in [2.05, 4.69) is 11.1 Å². The van der Waals surface area contributed by atoms with Gasteiger partial charge >= 0.3 is 0 Å². The molecule has 1 aromatic carbocycles. The van der Waals surface area contributed by atoms with Crippen LogP contribution in [-0.2, 0) is 0 Å². The largest absolute Gasteiger partial charge is 0.506 e. The molecule has 1 N–H and O–H groups in total. The van der Waals surface area contributed by atoms with E-state index in [-0.39, 0.29) is 23.1 Å². The Morgan fingerprint density at radius 1 is 1.33 bits per heavy atom. The van der Waals surface area contributed by atoms with Gasteiger partial charge in [0.05, 0.1) is 11.6 Å². The summed E-state index contributed by atoms with van der Waals surface area (Å²) in [6.07, 6.45) is 1.62. The Morgan fingerprint density at radius 3 is 2.73 bits per heavy atom. The molecule has 0 atom stereocenters. The summed E-state index contributed by atoms with van der Waals surface area (Å²) in [5.41, 5.74) is 1.98. The average Bonchev–Trinajstić information content (AvgIpc) is 2.20. The molecule has 0 aliphatic heterocycles. The molecule has 2 rings (SSSR count). The molecule has 0 saturated carbocycles. The first-order chi connectivity index (χ1) is 6.74. The highest BCUT2D eigenvalue weighted by molar-refractivity contribution is 5.91. The zero-order valence-electron chi connectivity index (χ0n) is 7.65. The third kappa shape index (κ3) is 1.81. The van der Waals surface area contributed by atoms with Crippen molar-refractivity contribution in [1.82, 2.24) is 4.98 Å². The van der Waals surface area contributed by atoms with E-state index >= 15 is 0 Å². The molecule has 3 nitrogen and oxygen atoms in total. The van der Waals surface area contributed by atoms with Gasteiger partial charge in [0, 0.05) is 11.6 Å². The summed E-state index contributed by atoms with van der Waals surface area (Å²) in [6.45, 7) is 1.89. The van der Waals surface area contributed by atoms with Crippen LogP contribution in [0.1, 0.15) is 11.1 Å². The fourth-order valence-corrected chi connectivity index (χ4v) is 1.51. The zero-order valence-corrected chi connectivity index (χ0v) is 7.65. The quantitative estimate of drug-likeness (QED) is 0.664. The first-order valence-corrected chi connectivity index (χ1v) is 4.21. The number of rotatable bonds is 0. The monoisotopic (exact) mass is 214 g/mol. The van der Waals surface area contributed by atoms with E-state index in [0.717, 1.165) is 10.9 Å². The molecule has 1 heterocycles. The third-order valence-electron chi connectivity index (χ3n) is 2.20. The van der Waals surface area contributed by atoms with Gasteiger partial charge in [-0.15, -0.1) is 0 Å². The van der Waals surface area contributed by atoms with E-state index in [1.54, 1.807) is 12.3 Å². The minimum atomic E-state index is 0. The molecular weight excluding hydrogens is 203 g/mol. The van der Waals surface area contributed by atoms with Crippen molar-refractivity contribution in [3.63, 3.8) is 0 Å². The van der Waals surface area contributed by atoms with Crippen molar-refractivity contribution >= 4 is 28.3 Å². The summed E-state index contributed by atoms with van der Waals surface area (Å²) >= 11 is 0. The van der Waals surface area contributed by atoms with Crippen molar-refractivity contribution in [2.75, 3.05) is 0 Å². The van der Waals surface area contributed by atoms with E-state index in [1.807, 2.05) is 13.0 Å². The average molecular weight is 214 g/mol. The molecule has 0 aliphatic rings. The van der Waals surface area contributed by atoms with Crippen LogP contribution in [0.2, 0.25) is 0 Å². The van der Waals surface area contributed by atoms with Gasteiger partial charge in [-0.25, -0.2) is 0 Å². The molecular formula is C11H11AlN2O. The molecule has 0 spiro atoms. The molecule has 15 heavy (non-hydrogen) atoms. The Labute approximate surface area is 98.1 Å². The highest BCUT2D eigenvalue weighted by atomic mass is 27.0. The van der Waals surface area contributed by atoms with Crippen LogP contribution in [0.3, 0.4) is 0 Å². The van der Waals surface area contributed by atoms with Crippen LogP contribution in [0.15, 0.2) is 24.4 Å². The van der Waals surface area contributed by atoms with E-state index in [0.29, 0.717) is 11.1 Å². The predicted octanol–water partition coefficient (Wildman–Crippen LogP) is 0.937. The Bertz CT molecular complexity index is 546. The van der Waals surface area contributed by atoms with E-state index in [1.165, 1.54) is 6.07 Å². The number of hydrogen-bond acceptors (Lipinski definition) is 3. The second kappa shape index (κ2) is 4.32. The van der Waals surface area contributed by atoms with Gasteiger partial charge in [0.15, 0.2) is 17.4 Å². The molecule has 0 amide bonds. The van der Waals surface area contributed by atoms with E-state index in [4.69, 9.17) is 5.26 Å². The third-order valence-corrected chi connectivity index (χ3v) is 2.20. The molecule has 0 radical (unpaired) electrons. The molecule has 0 fully saturated rings. The van der Waals surface area contributed by atoms with Gasteiger partial charge in [0.2, 0.25) is 0 Å². The van der Waals surface area contributed by atoms with Gasteiger partial charge in [-0.3, -0.25) is 4.98 Å². The highest BCUT2D eigenvalue weighted by Gasteiger charge is 2.07. The van der Waals surface area contributed by atoms with Crippen LogP contribution in [0.25, 0.3) is 10.9 Å². The maximum absolute atomic E-state index is 9.54. The van der Waals surface area contributed by atoms with Crippen molar-refractivity contribution in [3.05, 3.63) is 35.5 Å². The molecule has 4 heteroatoms. The number of phenols is 1. The first kappa shape index (κ1) is 11.5. The van der Waals surface area contributed by atoms with E-state index in [9.17, 15) is 5.11 Å². The number of phenolic OH excluding ortho intramolecular Hbond substituents is 1. The lowest BCUT2D eigenvalue weighted by Gasteiger charge is -2.04. The van der Waals surface area contributed by atoms with Gasteiger partial charge in [0.25, 0.3) is 0 Å². The second-order valence-electron chi connectivity index (χ2n) is 3.10. The SMILES string of the molecule is Cc1ccnc2c(O)ccc(C#N)c12.[AlH3]. The van der Waals surface area contributed by atoms with Crippen LogP contribution in [0.5, 0.6) is 5.75 Å². The van der Waals surface area contributed by atoms with Crippen LogP contribution < -0.4 is 0 Å². The fraction of sp³-hybridized carbons (Fsp3) is 0.0909. The standard InChI is InChI=1S/C11H8N2O.Al.3H/c1-7-4-5-13-11-9(14)3-2-8(6-12)10(7)11;;;;/h2-5,14H,1H3;;;;. The lowest BCUT2D eigenvalue weighted by molar-refractivity contribution is 0.480. The summed E-state index contributed by atoms with van der Waals surface area (Å²) in [5, 5.41) is 19.2. The number of nitrogens with zero attached hydrogens (tertiary/aromatic N) is 2. The summed E-state index contributed by atoms with van der Waals surface area (Å²) in [6, 6.07) is 7.01. The van der Waals surface area contributed by atoms with Crippen LogP contribution in [-0.4, -0.2) is 27.5 Å². The number of benzene rings is 1. The summed E-state index contributed by atoms with van der Waals surface area (Å²) in [4.78, 5) is 4.05. The summed E-state index contributed by atoms with van der Waals surface area (Å²) in [7, 11) is 0.